The van der Waals surface area contributed by atoms with E-state index in [9.17, 15) is 0 Å². The molecule has 9 rings (SSSR count). The zero-order valence-corrected chi connectivity index (χ0v) is 22.8. The largest absolute Gasteiger partial charge is 0.454 e. The summed E-state index contributed by atoms with van der Waals surface area (Å²) >= 11 is 0. The summed E-state index contributed by atoms with van der Waals surface area (Å²) in [6.45, 7) is 9.70. The zero-order valence-electron chi connectivity index (χ0n) is 22.8. The molecule has 0 aliphatic rings. The number of hydrogen-bond donors (Lipinski definition) is 0. The summed E-state index contributed by atoms with van der Waals surface area (Å²) in [6.07, 6.45) is 0. The van der Waals surface area contributed by atoms with E-state index < -0.39 is 0 Å². The van der Waals surface area contributed by atoms with Crippen LogP contribution in [0.2, 0.25) is 0 Å². The molecule has 0 aliphatic heterocycles. The minimum Gasteiger partial charge on any atom is -0.454 e. The molecule has 0 saturated carbocycles. The molecule has 0 amide bonds. The van der Waals surface area contributed by atoms with Gasteiger partial charge in [0, 0.05) is 21.5 Å². The Morgan fingerprint density at radius 1 is 0.548 bits per heavy atom. The van der Waals surface area contributed by atoms with Crippen molar-refractivity contribution in [2.45, 2.75) is 6.92 Å². The third kappa shape index (κ3) is 3.00. The highest BCUT2D eigenvalue weighted by Gasteiger charge is 2.21. The van der Waals surface area contributed by atoms with E-state index in [1.807, 2.05) is 12.1 Å². The number of aromatic nitrogens is 2. The Morgan fingerprint density at radius 3 is 1.90 bits per heavy atom. The highest BCUT2D eigenvalue weighted by atomic mass is 16.3. The first-order valence-electron chi connectivity index (χ1n) is 14.1. The van der Waals surface area contributed by atoms with E-state index in [1.54, 1.807) is 0 Å². The van der Waals surface area contributed by atoms with E-state index in [4.69, 9.17) is 11.0 Å². The van der Waals surface area contributed by atoms with Gasteiger partial charge in [-0.15, -0.1) is 0 Å². The van der Waals surface area contributed by atoms with Gasteiger partial charge in [-0.05, 0) is 66.9 Å². The van der Waals surface area contributed by atoms with Crippen LogP contribution in [0, 0.1) is 13.5 Å². The third-order valence-corrected chi connectivity index (χ3v) is 8.57. The average molecular weight is 538 g/mol. The molecule has 3 heterocycles. The fourth-order valence-corrected chi connectivity index (χ4v) is 6.81. The lowest BCUT2D eigenvalue weighted by molar-refractivity contribution is 0.666. The van der Waals surface area contributed by atoms with Gasteiger partial charge in [0.2, 0.25) is 0 Å². The minimum absolute atomic E-state index is 0.640. The second kappa shape index (κ2) is 8.36. The minimum atomic E-state index is 0.640. The maximum absolute atomic E-state index is 7.59. The van der Waals surface area contributed by atoms with Gasteiger partial charge < -0.3 is 13.6 Å². The Balaban J connectivity index is 1.40. The predicted molar refractivity (Wildman–Crippen MR) is 173 cm³/mol. The molecule has 0 radical (unpaired) electrons. The normalized spacial score (nSPS) is 11.9. The molecule has 196 valence electrons. The van der Waals surface area contributed by atoms with E-state index in [-0.39, 0.29) is 0 Å². The number of rotatable bonds is 2. The van der Waals surface area contributed by atoms with Gasteiger partial charge in [0.25, 0.3) is 0 Å². The lowest BCUT2D eigenvalue weighted by atomic mass is 10.1. The summed E-state index contributed by atoms with van der Waals surface area (Å²) in [7, 11) is 0. The van der Waals surface area contributed by atoms with Crippen molar-refractivity contribution in [2.24, 2.45) is 0 Å². The summed E-state index contributed by atoms with van der Waals surface area (Å²) in [5, 5.41) is 6.83. The standard InChI is InChI=1S/C38H23N3O/c1-23-17-19-32-28(21-23)29-22-24(39-2)18-20-33(29)41(32)35-15-7-11-27-37-34(14-8-16-36(37)42-38(27)35)40-30-12-5-3-9-25(30)26-10-4-6-13-31(26)40/h3-22H,1H3. The molecule has 0 atom stereocenters. The number of nitrogens with zero attached hydrogens (tertiary/aromatic N) is 3. The van der Waals surface area contributed by atoms with Crippen LogP contribution in [0.1, 0.15) is 5.56 Å². The van der Waals surface area contributed by atoms with Crippen LogP contribution < -0.4 is 0 Å². The number of benzene rings is 6. The third-order valence-electron chi connectivity index (χ3n) is 8.57. The SMILES string of the molecule is [C-]#[N+]c1ccc2c(c1)c1cc(C)ccc1n2-c1cccc2c1oc1cccc(-n3c4ccccc4c4ccccc43)c12. The molecule has 0 N–H and O–H groups in total. The van der Waals surface area contributed by atoms with Crippen LogP contribution in [-0.2, 0) is 0 Å². The molecule has 6 aromatic carbocycles. The fourth-order valence-electron chi connectivity index (χ4n) is 6.81. The topological polar surface area (TPSA) is 27.4 Å². The van der Waals surface area contributed by atoms with Crippen molar-refractivity contribution in [3.05, 3.63) is 138 Å². The number of furan rings is 1. The molecule has 42 heavy (non-hydrogen) atoms. The van der Waals surface area contributed by atoms with Gasteiger partial charge in [0.1, 0.15) is 5.58 Å². The molecule has 0 unspecified atom stereocenters. The molecular weight excluding hydrogens is 514 g/mol. The Labute approximate surface area is 241 Å². The molecule has 4 nitrogen and oxygen atoms in total. The van der Waals surface area contributed by atoms with Gasteiger partial charge in [-0.3, -0.25) is 0 Å². The van der Waals surface area contributed by atoms with Crippen molar-refractivity contribution in [2.75, 3.05) is 0 Å². The smallest absolute Gasteiger partial charge is 0.188 e. The maximum Gasteiger partial charge on any atom is 0.188 e. The average Bonchev–Trinajstić information content (AvgIpc) is 3.68. The van der Waals surface area contributed by atoms with Gasteiger partial charge in [-0.2, -0.15) is 0 Å². The van der Waals surface area contributed by atoms with Crippen molar-refractivity contribution >= 4 is 71.2 Å². The van der Waals surface area contributed by atoms with Gasteiger partial charge in [0.05, 0.1) is 45.4 Å². The van der Waals surface area contributed by atoms with E-state index in [1.165, 1.54) is 27.4 Å². The first-order chi connectivity index (χ1) is 20.7. The number of fused-ring (bicyclic) bond motifs is 9. The van der Waals surface area contributed by atoms with E-state index in [0.717, 1.165) is 55.1 Å². The fraction of sp³-hybridized carbons (Fsp3) is 0.0263. The lowest BCUT2D eigenvalue weighted by Gasteiger charge is -2.10. The number of para-hydroxylation sites is 3. The monoisotopic (exact) mass is 537 g/mol. The number of hydrogen-bond acceptors (Lipinski definition) is 1. The van der Waals surface area contributed by atoms with Crippen LogP contribution in [0.25, 0.3) is 81.8 Å². The lowest BCUT2D eigenvalue weighted by Crippen LogP contribution is -1.95. The van der Waals surface area contributed by atoms with Gasteiger partial charge in [-0.25, -0.2) is 4.85 Å². The summed E-state index contributed by atoms with van der Waals surface area (Å²) in [4.78, 5) is 3.71. The maximum atomic E-state index is 7.59. The van der Waals surface area contributed by atoms with Crippen molar-refractivity contribution in [3.63, 3.8) is 0 Å². The van der Waals surface area contributed by atoms with Crippen LogP contribution in [0.15, 0.2) is 126 Å². The van der Waals surface area contributed by atoms with E-state index in [2.05, 4.69) is 130 Å². The Kier molecular flexibility index (Phi) is 4.57. The van der Waals surface area contributed by atoms with Crippen LogP contribution >= 0.6 is 0 Å². The van der Waals surface area contributed by atoms with Gasteiger partial charge in [-0.1, -0.05) is 72.3 Å². The van der Waals surface area contributed by atoms with Crippen LogP contribution in [-0.4, -0.2) is 9.13 Å². The summed E-state index contributed by atoms with van der Waals surface area (Å²) in [6, 6.07) is 42.4. The van der Waals surface area contributed by atoms with Crippen molar-refractivity contribution in [1.82, 2.24) is 9.13 Å². The zero-order chi connectivity index (χ0) is 27.9. The van der Waals surface area contributed by atoms with Crippen LogP contribution in [0.4, 0.5) is 5.69 Å². The van der Waals surface area contributed by atoms with Gasteiger partial charge >= 0.3 is 0 Å². The Morgan fingerprint density at radius 2 is 1.14 bits per heavy atom. The molecule has 3 aromatic heterocycles. The van der Waals surface area contributed by atoms with Crippen molar-refractivity contribution < 1.29 is 4.42 Å². The van der Waals surface area contributed by atoms with Crippen molar-refractivity contribution in [3.8, 4) is 11.4 Å². The summed E-state index contributed by atoms with van der Waals surface area (Å²) in [5.74, 6) is 0. The molecule has 0 fully saturated rings. The highest BCUT2D eigenvalue weighted by molar-refractivity contribution is 6.17. The Bertz CT molecular complexity index is 2550. The second-order valence-corrected chi connectivity index (χ2v) is 10.9. The quantitative estimate of drug-likeness (QED) is 0.202. The molecule has 0 bridgehead atoms. The predicted octanol–water partition coefficient (Wildman–Crippen LogP) is 10.6. The highest BCUT2D eigenvalue weighted by Crippen LogP contribution is 2.42. The van der Waals surface area contributed by atoms with Crippen molar-refractivity contribution in [1.29, 1.82) is 0 Å². The molecule has 0 aliphatic carbocycles. The first kappa shape index (κ1) is 23.0. The van der Waals surface area contributed by atoms with E-state index >= 15 is 0 Å². The Hall–Kier alpha value is -5.79. The molecule has 4 heteroatoms. The van der Waals surface area contributed by atoms with Crippen LogP contribution in [0.3, 0.4) is 0 Å². The molecular formula is C38H23N3O. The second-order valence-electron chi connectivity index (χ2n) is 10.9. The van der Waals surface area contributed by atoms with E-state index in [0.29, 0.717) is 5.69 Å². The molecule has 0 saturated heterocycles. The first-order valence-corrected chi connectivity index (χ1v) is 14.1. The summed E-state index contributed by atoms with van der Waals surface area (Å²) in [5.41, 5.74) is 10.1. The van der Waals surface area contributed by atoms with Crippen LogP contribution in [0.5, 0.6) is 0 Å². The van der Waals surface area contributed by atoms with Gasteiger partial charge in [0.15, 0.2) is 11.3 Å². The summed E-state index contributed by atoms with van der Waals surface area (Å²) < 4.78 is 11.4. The number of aryl methyl sites for hydroxylation is 1. The molecule has 9 aromatic rings. The molecule has 0 spiro atoms.